The van der Waals surface area contributed by atoms with Crippen LogP contribution in [0, 0.1) is 11.6 Å². The fourth-order valence-electron chi connectivity index (χ4n) is 1.61. The Kier molecular flexibility index (Phi) is 4.99. The number of benzene rings is 1. The number of thiophene rings is 1. The van der Waals surface area contributed by atoms with Crippen LogP contribution in [0.15, 0.2) is 35.0 Å². The number of anilines is 1. The highest BCUT2D eigenvalue weighted by Gasteiger charge is 2.15. The Bertz CT molecular complexity index is 644. The molecule has 0 fully saturated rings. The SMILES string of the molecule is O=C(NCCc1ccsc1)C(=O)Nc1cc(F)ccc1F. The maximum atomic E-state index is 13.3. The average molecular weight is 310 g/mol. The summed E-state index contributed by atoms with van der Waals surface area (Å²) < 4.78 is 26.3. The molecule has 0 aliphatic rings. The van der Waals surface area contributed by atoms with E-state index in [1.54, 1.807) is 11.3 Å². The van der Waals surface area contributed by atoms with Crippen molar-refractivity contribution in [3.63, 3.8) is 0 Å². The third kappa shape index (κ3) is 4.35. The van der Waals surface area contributed by atoms with Gasteiger partial charge in [0.25, 0.3) is 0 Å². The summed E-state index contributed by atoms with van der Waals surface area (Å²) in [5.74, 6) is -3.45. The molecular formula is C14H12F2N2O2S. The zero-order chi connectivity index (χ0) is 15.2. The molecule has 7 heteroatoms. The molecule has 2 aromatic rings. The number of hydrogen-bond donors (Lipinski definition) is 2. The number of hydrogen-bond acceptors (Lipinski definition) is 3. The summed E-state index contributed by atoms with van der Waals surface area (Å²) in [6.45, 7) is 0.286. The Hall–Kier alpha value is -2.28. The van der Waals surface area contributed by atoms with Crippen molar-refractivity contribution in [2.75, 3.05) is 11.9 Å². The lowest BCUT2D eigenvalue weighted by molar-refractivity contribution is -0.136. The monoisotopic (exact) mass is 310 g/mol. The normalized spacial score (nSPS) is 10.2. The molecule has 2 N–H and O–H groups in total. The Morgan fingerprint density at radius 1 is 1.14 bits per heavy atom. The van der Waals surface area contributed by atoms with Gasteiger partial charge < -0.3 is 10.6 Å². The van der Waals surface area contributed by atoms with Crippen molar-refractivity contribution in [1.29, 1.82) is 0 Å². The second-order valence-electron chi connectivity index (χ2n) is 4.22. The van der Waals surface area contributed by atoms with E-state index in [9.17, 15) is 18.4 Å². The van der Waals surface area contributed by atoms with Gasteiger partial charge in [-0.15, -0.1) is 0 Å². The molecule has 0 aliphatic heterocycles. The quantitative estimate of drug-likeness (QED) is 0.852. The molecule has 21 heavy (non-hydrogen) atoms. The molecule has 1 aromatic heterocycles. The van der Waals surface area contributed by atoms with E-state index in [1.807, 2.05) is 22.1 Å². The van der Waals surface area contributed by atoms with Gasteiger partial charge >= 0.3 is 11.8 Å². The fraction of sp³-hybridized carbons (Fsp3) is 0.143. The van der Waals surface area contributed by atoms with Gasteiger partial charge in [-0.05, 0) is 40.9 Å². The van der Waals surface area contributed by atoms with Gasteiger partial charge in [-0.2, -0.15) is 11.3 Å². The van der Waals surface area contributed by atoms with Crippen LogP contribution in [0.2, 0.25) is 0 Å². The van der Waals surface area contributed by atoms with Crippen LogP contribution in [0.4, 0.5) is 14.5 Å². The lowest BCUT2D eigenvalue weighted by atomic mass is 10.2. The van der Waals surface area contributed by atoms with Crippen LogP contribution >= 0.6 is 11.3 Å². The van der Waals surface area contributed by atoms with Crippen molar-refractivity contribution in [3.05, 3.63) is 52.2 Å². The predicted molar refractivity (Wildman–Crippen MR) is 76.0 cm³/mol. The van der Waals surface area contributed by atoms with Crippen molar-refractivity contribution in [2.45, 2.75) is 6.42 Å². The Morgan fingerprint density at radius 2 is 1.95 bits per heavy atom. The van der Waals surface area contributed by atoms with Gasteiger partial charge in [0.15, 0.2) is 0 Å². The van der Waals surface area contributed by atoms with Crippen LogP contribution in [-0.4, -0.2) is 18.4 Å². The number of rotatable bonds is 4. The molecule has 0 saturated heterocycles. The molecule has 110 valence electrons. The maximum absolute atomic E-state index is 13.3. The highest BCUT2D eigenvalue weighted by atomic mass is 32.1. The number of nitrogens with one attached hydrogen (secondary N) is 2. The van der Waals surface area contributed by atoms with E-state index in [0.717, 1.165) is 23.8 Å². The Morgan fingerprint density at radius 3 is 2.67 bits per heavy atom. The number of carbonyl (C=O) groups is 2. The zero-order valence-electron chi connectivity index (χ0n) is 10.9. The molecule has 2 amide bonds. The van der Waals surface area contributed by atoms with E-state index >= 15 is 0 Å². The Balaban J connectivity index is 1.84. The van der Waals surface area contributed by atoms with Gasteiger partial charge in [0.2, 0.25) is 0 Å². The first kappa shape index (κ1) is 15.1. The van der Waals surface area contributed by atoms with Crippen LogP contribution in [0.3, 0.4) is 0 Å². The van der Waals surface area contributed by atoms with E-state index in [0.29, 0.717) is 6.42 Å². The Labute approximate surface area is 123 Å². The minimum absolute atomic E-state index is 0.286. The molecule has 0 bridgehead atoms. The van der Waals surface area contributed by atoms with Crippen LogP contribution in [0.25, 0.3) is 0 Å². The van der Waals surface area contributed by atoms with Crippen molar-refractivity contribution < 1.29 is 18.4 Å². The molecule has 0 saturated carbocycles. The second kappa shape index (κ2) is 6.94. The fourth-order valence-corrected chi connectivity index (χ4v) is 2.31. The molecular weight excluding hydrogens is 298 g/mol. The summed E-state index contributed by atoms with van der Waals surface area (Å²) in [5, 5.41) is 8.30. The van der Waals surface area contributed by atoms with E-state index in [4.69, 9.17) is 0 Å². The van der Waals surface area contributed by atoms with Gasteiger partial charge in [-0.25, -0.2) is 8.78 Å². The van der Waals surface area contributed by atoms with Gasteiger partial charge in [0.1, 0.15) is 11.6 Å². The molecule has 0 atom stereocenters. The highest BCUT2D eigenvalue weighted by Crippen LogP contribution is 2.14. The topological polar surface area (TPSA) is 58.2 Å². The summed E-state index contributed by atoms with van der Waals surface area (Å²) in [4.78, 5) is 23.1. The van der Waals surface area contributed by atoms with Crippen molar-refractivity contribution in [3.8, 4) is 0 Å². The first-order chi connectivity index (χ1) is 10.1. The van der Waals surface area contributed by atoms with Gasteiger partial charge in [0.05, 0.1) is 5.69 Å². The predicted octanol–water partition coefficient (Wildman–Crippen LogP) is 2.32. The summed E-state index contributed by atoms with van der Waals surface area (Å²) in [6, 6.07) is 4.52. The third-order valence-corrected chi connectivity index (χ3v) is 3.39. The third-order valence-electron chi connectivity index (χ3n) is 2.66. The highest BCUT2D eigenvalue weighted by molar-refractivity contribution is 7.07. The molecule has 0 spiro atoms. The molecule has 1 aromatic carbocycles. The molecule has 4 nitrogen and oxygen atoms in total. The van der Waals surface area contributed by atoms with Crippen LogP contribution in [-0.2, 0) is 16.0 Å². The van der Waals surface area contributed by atoms with Crippen molar-refractivity contribution >= 4 is 28.8 Å². The first-order valence-corrected chi connectivity index (χ1v) is 7.06. The van der Waals surface area contributed by atoms with Crippen LogP contribution in [0.5, 0.6) is 0 Å². The molecule has 0 radical (unpaired) electrons. The largest absolute Gasteiger partial charge is 0.347 e. The van der Waals surface area contributed by atoms with Gasteiger partial charge in [-0.3, -0.25) is 9.59 Å². The van der Waals surface area contributed by atoms with E-state index in [-0.39, 0.29) is 12.2 Å². The minimum atomic E-state index is -1.04. The van der Waals surface area contributed by atoms with E-state index in [1.165, 1.54) is 0 Å². The second-order valence-corrected chi connectivity index (χ2v) is 5.00. The van der Waals surface area contributed by atoms with Crippen LogP contribution < -0.4 is 10.6 Å². The molecule has 0 aliphatic carbocycles. The summed E-state index contributed by atoms with van der Waals surface area (Å²) in [7, 11) is 0. The molecule has 1 heterocycles. The standard InChI is InChI=1S/C14H12F2N2O2S/c15-10-1-2-11(16)12(7-10)18-14(20)13(19)17-5-3-9-4-6-21-8-9/h1-2,4,6-8H,3,5H2,(H,17,19)(H,18,20). The number of carbonyl (C=O) groups excluding carboxylic acids is 2. The summed E-state index contributed by atoms with van der Waals surface area (Å²) in [6.07, 6.45) is 0.594. The first-order valence-electron chi connectivity index (χ1n) is 6.11. The number of amides is 2. The van der Waals surface area contributed by atoms with Gasteiger partial charge in [0, 0.05) is 12.6 Å². The average Bonchev–Trinajstić information content (AvgIpc) is 2.96. The van der Waals surface area contributed by atoms with Crippen molar-refractivity contribution in [2.24, 2.45) is 0 Å². The van der Waals surface area contributed by atoms with Crippen molar-refractivity contribution in [1.82, 2.24) is 5.32 Å². The summed E-state index contributed by atoms with van der Waals surface area (Å²) >= 11 is 1.54. The molecule has 0 unspecified atom stereocenters. The van der Waals surface area contributed by atoms with E-state index in [2.05, 4.69) is 5.32 Å². The maximum Gasteiger partial charge on any atom is 0.313 e. The molecule has 2 rings (SSSR count). The van der Waals surface area contributed by atoms with Crippen LogP contribution in [0.1, 0.15) is 5.56 Å². The van der Waals surface area contributed by atoms with Gasteiger partial charge in [-0.1, -0.05) is 0 Å². The zero-order valence-corrected chi connectivity index (χ0v) is 11.7. The number of halogens is 2. The smallest absolute Gasteiger partial charge is 0.313 e. The minimum Gasteiger partial charge on any atom is -0.347 e. The lowest BCUT2D eigenvalue weighted by Gasteiger charge is -2.07. The lowest BCUT2D eigenvalue weighted by Crippen LogP contribution is -2.36. The van der Waals surface area contributed by atoms with E-state index < -0.39 is 23.4 Å². The summed E-state index contributed by atoms with van der Waals surface area (Å²) in [5.41, 5.74) is 0.685.